The van der Waals surface area contributed by atoms with E-state index in [4.69, 9.17) is 30.5 Å². The Kier molecular flexibility index (Phi) is 8.61. The third kappa shape index (κ3) is 6.57. The van der Waals surface area contributed by atoms with Crippen LogP contribution >= 0.6 is 11.6 Å². The van der Waals surface area contributed by atoms with Gasteiger partial charge in [-0.15, -0.1) is 0 Å². The number of anilines is 1. The van der Waals surface area contributed by atoms with Crippen molar-refractivity contribution in [3.05, 3.63) is 47.0 Å². The maximum absolute atomic E-state index is 12.4. The van der Waals surface area contributed by atoms with Gasteiger partial charge in [-0.05, 0) is 37.6 Å². The summed E-state index contributed by atoms with van der Waals surface area (Å²) in [4.78, 5) is 24.4. The standard InChI is InChI=1S/C21H24ClNO6/c1-4-9-28-20-17(22)10-14(11-18(20)27-5-2)21(25)29-13-19(24)23-15-7-6-8-16(12-15)26-3/h6-8,10-12H,4-5,9,13H2,1-3H3,(H,23,24). The zero-order valence-electron chi connectivity index (χ0n) is 16.6. The predicted molar refractivity (Wildman–Crippen MR) is 110 cm³/mol. The lowest BCUT2D eigenvalue weighted by Gasteiger charge is -2.14. The lowest BCUT2D eigenvalue weighted by molar-refractivity contribution is -0.119. The Morgan fingerprint density at radius 2 is 1.90 bits per heavy atom. The maximum atomic E-state index is 12.4. The van der Waals surface area contributed by atoms with Crippen LogP contribution in [0.5, 0.6) is 17.2 Å². The fourth-order valence-corrected chi connectivity index (χ4v) is 2.67. The molecule has 156 valence electrons. The molecule has 1 amide bonds. The zero-order valence-corrected chi connectivity index (χ0v) is 17.4. The number of hydrogen-bond acceptors (Lipinski definition) is 6. The van der Waals surface area contributed by atoms with E-state index in [0.717, 1.165) is 6.42 Å². The van der Waals surface area contributed by atoms with Crippen LogP contribution in [0.15, 0.2) is 36.4 Å². The van der Waals surface area contributed by atoms with Crippen LogP contribution in [0.4, 0.5) is 5.69 Å². The summed E-state index contributed by atoms with van der Waals surface area (Å²) in [5.74, 6) is 0.147. The van der Waals surface area contributed by atoms with Crippen molar-refractivity contribution in [1.29, 1.82) is 0 Å². The maximum Gasteiger partial charge on any atom is 0.338 e. The lowest BCUT2D eigenvalue weighted by atomic mass is 10.2. The zero-order chi connectivity index (χ0) is 21.2. The molecule has 0 heterocycles. The van der Waals surface area contributed by atoms with E-state index in [1.807, 2.05) is 13.8 Å². The first kappa shape index (κ1) is 22.4. The molecule has 29 heavy (non-hydrogen) atoms. The molecule has 2 aromatic carbocycles. The van der Waals surface area contributed by atoms with E-state index in [0.29, 0.717) is 36.1 Å². The van der Waals surface area contributed by atoms with E-state index < -0.39 is 18.5 Å². The molecule has 0 unspecified atom stereocenters. The van der Waals surface area contributed by atoms with Crippen LogP contribution in [0.25, 0.3) is 0 Å². The van der Waals surface area contributed by atoms with Gasteiger partial charge in [0.25, 0.3) is 5.91 Å². The number of nitrogens with one attached hydrogen (secondary N) is 1. The highest BCUT2D eigenvalue weighted by Crippen LogP contribution is 2.37. The lowest BCUT2D eigenvalue weighted by Crippen LogP contribution is -2.21. The van der Waals surface area contributed by atoms with Gasteiger partial charge in [0.1, 0.15) is 5.75 Å². The van der Waals surface area contributed by atoms with Crippen molar-refractivity contribution in [3.8, 4) is 17.2 Å². The fraction of sp³-hybridized carbons (Fsp3) is 0.333. The topological polar surface area (TPSA) is 83.1 Å². The first-order valence-corrected chi connectivity index (χ1v) is 9.56. The van der Waals surface area contributed by atoms with Gasteiger partial charge >= 0.3 is 5.97 Å². The van der Waals surface area contributed by atoms with Gasteiger partial charge in [0, 0.05) is 11.8 Å². The van der Waals surface area contributed by atoms with Gasteiger partial charge < -0.3 is 24.3 Å². The molecule has 0 saturated carbocycles. The molecule has 0 bridgehead atoms. The van der Waals surface area contributed by atoms with Gasteiger partial charge in [0.2, 0.25) is 0 Å². The number of benzene rings is 2. The van der Waals surface area contributed by atoms with Crippen LogP contribution in [0, 0.1) is 0 Å². The highest BCUT2D eigenvalue weighted by atomic mass is 35.5. The third-order valence-electron chi connectivity index (χ3n) is 3.68. The van der Waals surface area contributed by atoms with Crippen molar-refractivity contribution in [2.24, 2.45) is 0 Å². The van der Waals surface area contributed by atoms with E-state index in [1.54, 1.807) is 24.3 Å². The molecular weight excluding hydrogens is 398 g/mol. The van der Waals surface area contributed by atoms with E-state index in [2.05, 4.69) is 5.32 Å². The summed E-state index contributed by atoms with van der Waals surface area (Å²) in [5.41, 5.74) is 0.695. The molecule has 0 aromatic heterocycles. The second kappa shape index (κ2) is 11.2. The smallest absolute Gasteiger partial charge is 0.338 e. The number of carbonyl (C=O) groups excluding carboxylic acids is 2. The molecular formula is C21H24ClNO6. The first-order valence-electron chi connectivity index (χ1n) is 9.18. The van der Waals surface area contributed by atoms with E-state index in [-0.39, 0.29) is 10.6 Å². The van der Waals surface area contributed by atoms with E-state index in [9.17, 15) is 9.59 Å². The van der Waals surface area contributed by atoms with Crippen LogP contribution in [0.1, 0.15) is 30.6 Å². The average Bonchev–Trinajstić information content (AvgIpc) is 2.71. The molecule has 2 aromatic rings. The van der Waals surface area contributed by atoms with Crippen LogP contribution in [0.3, 0.4) is 0 Å². The highest BCUT2D eigenvalue weighted by Gasteiger charge is 2.18. The van der Waals surface area contributed by atoms with Crippen molar-refractivity contribution in [2.45, 2.75) is 20.3 Å². The van der Waals surface area contributed by atoms with Crippen molar-refractivity contribution in [2.75, 3.05) is 32.2 Å². The van der Waals surface area contributed by atoms with Crippen molar-refractivity contribution >= 4 is 29.2 Å². The number of amides is 1. The molecule has 7 nitrogen and oxygen atoms in total. The molecule has 0 spiro atoms. The number of methoxy groups -OCH3 is 1. The summed E-state index contributed by atoms with van der Waals surface area (Å²) in [6.45, 7) is 4.17. The Bertz CT molecular complexity index is 855. The molecule has 8 heteroatoms. The quantitative estimate of drug-likeness (QED) is 0.575. The number of halogens is 1. The predicted octanol–water partition coefficient (Wildman–Crippen LogP) is 4.33. The van der Waals surface area contributed by atoms with Crippen molar-refractivity contribution in [3.63, 3.8) is 0 Å². The minimum atomic E-state index is -0.698. The van der Waals surface area contributed by atoms with E-state index in [1.165, 1.54) is 19.2 Å². The summed E-state index contributed by atoms with van der Waals surface area (Å²) < 4.78 is 21.3. The molecule has 0 aliphatic carbocycles. The summed E-state index contributed by atoms with van der Waals surface area (Å²) in [7, 11) is 1.53. The number of rotatable bonds is 10. The van der Waals surface area contributed by atoms with Gasteiger partial charge in [0.15, 0.2) is 18.1 Å². The Balaban J connectivity index is 2.02. The Morgan fingerprint density at radius 1 is 1.10 bits per heavy atom. The second-order valence-electron chi connectivity index (χ2n) is 5.92. The van der Waals surface area contributed by atoms with Crippen LogP contribution < -0.4 is 19.5 Å². The molecule has 0 atom stereocenters. The van der Waals surface area contributed by atoms with Gasteiger partial charge in [-0.2, -0.15) is 0 Å². The van der Waals surface area contributed by atoms with Crippen LogP contribution in [0.2, 0.25) is 5.02 Å². The third-order valence-corrected chi connectivity index (χ3v) is 3.96. The largest absolute Gasteiger partial charge is 0.497 e. The summed E-state index contributed by atoms with van der Waals surface area (Å²) in [6, 6.07) is 9.76. The highest BCUT2D eigenvalue weighted by molar-refractivity contribution is 6.32. The van der Waals surface area contributed by atoms with Gasteiger partial charge in [-0.1, -0.05) is 24.6 Å². The molecule has 0 saturated heterocycles. The second-order valence-corrected chi connectivity index (χ2v) is 6.33. The summed E-state index contributed by atoms with van der Waals surface area (Å²) >= 11 is 6.24. The number of esters is 1. The average molecular weight is 422 g/mol. The number of hydrogen-bond donors (Lipinski definition) is 1. The number of carbonyl (C=O) groups is 2. The van der Waals surface area contributed by atoms with Gasteiger partial charge in [0.05, 0.1) is 30.9 Å². The molecule has 0 aliphatic heterocycles. The van der Waals surface area contributed by atoms with Gasteiger partial charge in [-0.3, -0.25) is 4.79 Å². The van der Waals surface area contributed by atoms with E-state index >= 15 is 0 Å². The molecule has 0 radical (unpaired) electrons. The molecule has 0 fully saturated rings. The fourth-order valence-electron chi connectivity index (χ4n) is 2.41. The van der Waals surface area contributed by atoms with Crippen molar-refractivity contribution < 1.29 is 28.5 Å². The Hall–Kier alpha value is -2.93. The summed E-state index contributed by atoms with van der Waals surface area (Å²) in [6.07, 6.45) is 0.800. The van der Waals surface area contributed by atoms with Crippen LogP contribution in [-0.2, 0) is 9.53 Å². The minimum Gasteiger partial charge on any atom is -0.497 e. The molecule has 1 N–H and O–H groups in total. The Morgan fingerprint density at radius 3 is 2.59 bits per heavy atom. The monoisotopic (exact) mass is 421 g/mol. The normalized spacial score (nSPS) is 10.2. The molecule has 0 aliphatic rings. The minimum absolute atomic E-state index is 0.163. The SMILES string of the molecule is CCCOc1c(Cl)cc(C(=O)OCC(=O)Nc2cccc(OC)c2)cc1OCC. The van der Waals surface area contributed by atoms with Gasteiger partial charge in [-0.25, -0.2) is 4.79 Å². The Labute approximate surface area is 174 Å². The summed E-state index contributed by atoms with van der Waals surface area (Å²) in [5, 5.41) is 2.87. The van der Waals surface area contributed by atoms with Crippen LogP contribution in [-0.4, -0.2) is 38.8 Å². The number of ether oxygens (including phenoxy) is 4. The first-order chi connectivity index (χ1) is 14.0. The van der Waals surface area contributed by atoms with Crippen molar-refractivity contribution in [1.82, 2.24) is 0 Å². The molecule has 2 rings (SSSR count).